The number of hydrogen-bond donors (Lipinski definition) is 1. The Balaban J connectivity index is 2.10. The van der Waals surface area contributed by atoms with Gasteiger partial charge in [-0.3, -0.25) is 4.57 Å². The molecule has 21 heavy (non-hydrogen) atoms. The third-order valence-electron chi connectivity index (χ3n) is 2.99. The van der Waals surface area contributed by atoms with Crippen LogP contribution in [-0.4, -0.2) is 16.2 Å². The number of aromatic nitrogens is 2. The first kappa shape index (κ1) is 14.0. The van der Waals surface area contributed by atoms with E-state index in [0.29, 0.717) is 9.79 Å². The molecule has 0 aliphatic carbocycles. The minimum absolute atomic E-state index is 0.0955. The summed E-state index contributed by atoms with van der Waals surface area (Å²) in [7, 11) is 0. The maximum Gasteiger partial charge on any atom is 0.387 e. The van der Waals surface area contributed by atoms with Gasteiger partial charge in [0, 0.05) is 5.69 Å². The summed E-state index contributed by atoms with van der Waals surface area (Å²) >= 11 is 11.4. The lowest BCUT2D eigenvalue weighted by Gasteiger charge is -2.07. The molecule has 0 aliphatic rings. The summed E-state index contributed by atoms with van der Waals surface area (Å²) < 4.78 is 30.9. The summed E-state index contributed by atoms with van der Waals surface area (Å²) in [5.74, 6) is 0.0955. The van der Waals surface area contributed by atoms with E-state index in [9.17, 15) is 8.78 Å². The van der Waals surface area contributed by atoms with E-state index in [1.807, 2.05) is 12.1 Å². The molecule has 3 rings (SSSR count). The van der Waals surface area contributed by atoms with Crippen molar-refractivity contribution in [1.29, 1.82) is 0 Å². The smallest absolute Gasteiger partial charge is 0.387 e. The maximum absolute atomic E-state index is 12.1. The summed E-state index contributed by atoms with van der Waals surface area (Å²) in [4.78, 5) is 3.04. The van der Waals surface area contributed by atoms with Gasteiger partial charge in [-0.1, -0.05) is 17.7 Å². The molecular formula is C14H9ClF2N2OS. The van der Waals surface area contributed by atoms with E-state index in [1.165, 1.54) is 12.1 Å². The molecule has 2 aromatic carbocycles. The van der Waals surface area contributed by atoms with Gasteiger partial charge in [-0.25, -0.2) is 0 Å². The molecule has 0 atom stereocenters. The van der Waals surface area contributed by atoms with E-state index >= 15 is 0 Å². The number of para-hydroxylation sites is 1. The Labute approximate surface area is 128 Å². The zero-order valence-electron chi connectivity index (χ0n) is 10.5. The van der Waals surface area contributed by atoms with Gasteiger partial charge in [0.1, 0.15) is 5.75 Å². The fourth-order valence-electron chi connectivity index (χ4n) is 2.13. The number of benzene rings is 2. The van der Waals surface area contributed by atoms with Crippen LogP contribution in [0.2, 0.25) is 5.02 Å². The Kier molecular flexibility index (Phi) is 3.65. The first-order valence-electron chi connectivity index (χ1n) is 6.01. The molecule has 108 valence electrons. The number of fused-ring (bicyclic) bond motifs is 1. The predicted molar refractivity (Wildman–Crippen MR) is 80.1 cm³/mol. The van der Waals surface area contributed by atoms with Gasteiger partial charge in [0.2, 0.25) is 0 Å². The van der Waals surface area contributed by atoms with Crippen molar-refractivity contribution in [3.63, 3.8) is 0 Å². The molecule has 1 N–H and O–H groups in total. The first-order chi connectivity index (χ1) is 10.1. The van der Waals surface area contributed by atoms with E-state index in [2.05, 4.69) is 9.72 Å². The molecule has 0 unspecified atom stereocenters. The molecule has 3 nitrogen and oxygen atoms in total. The summed E-state index contributed by atoms with van der Waals surface area (Å²) in [6.45, 7) is -2.84. The molecule has 0 fully saturated rings. The van der Waals surface area contributed by atoms with Crippen LogP contribution in [0, 0.1) is 4.77 Å². The molecule has 0 saturated carbocycles. The summed E-state index contributed by atoms with van der Waals surface area (Å²) in [5.41, 5.74) is 2.28. The number of H-pyrrole nitrogens is 1. The van der Waals surface area contributed by atoms with Crippen LogP contribution in [0.25, 0.3) is 16.7 Å². The zero-order chi connectivity index (χ0) is 15.0. The molecule has 3 aromatic rings. The van der Waals surface area contributed by atoms with Gasteiger partial charge in [-0.15, -0.1) is 0 Å². The SMILES string of the molecule is FC(F)Oc1ccc(-n2c(=S)[nH]c3c(Cl)cccc32)cc1. The average molecular weight is 327 g/mol. The number of aromatic amines is 1. The van der Waals surface area contributed by atoms with Gasteiger partial charge < -0.3 is 9.72 Å². The lowest BCUT2D eigenvalue weighted by Crippen LogP contribution is -2.02. The maximum atomic E-state index is 12.1. The summed E-state index contributed by atoms with van der Waals surface area (Å²) in [5, 5.41) is 0.565. The number of rotatable bonds is 3. The average Bonchev–Trinajstić information content (AvgIpc) is 2.77. The monoisotopic (exact) mass is 326 g/mol. The van der Waals surface area contributed by atoms with Crippen molar-refractivity contribution in [2.24, 2.45) is 0 Å². The first-order valence-corrected chi connectivity index (χ1v) is 6.79. The third-order valence-corrected chi connectivity index (χ3v) is 3.59. The minimum Gasteiger partial charge on any atom is -0.435 e. The normalized spacial score (nSPS) is 11.2. The minimum atomic E-state index is -2.84. The number of halogens is 3. The van der Waals surface area contributed by atoms with Crippen molar-refractivity contribution in [3.8, 4) is 11.4 Å². The van der Waals surface area contributed by atoms with Crippen LogP contribution < -0.4 is 4.74 Å². The summed E-state index contributed by atoms with van der Waals surface area (Å²) in [6.07, 6.45) is 0. The third kappa shape index (κ3) is 2.64. The number of ether oxygens (including phenoxy) is 1. The highest BCUT2D eigenvalue weighted by Gasteiger charge is 2.10. The molecule has 1 heterocycles. The topological polar surface area (TPSA) is 29.9 Å². The van der Waals surface area contributed by atoms with Gasteiger partial charge in [-0.2, -0.15) is 8.78 Å². The van der Waals surface area contributed by atoms with Gasteiger partial charge in [0.15, 0.2) is 4.77 Å². The molecule has 7 heteroatoms. The van der Waals surface area contributed by atoms with Crippen LogP contribution in [0.5, 0.6) is 5.75 Å². The fraction of sp³-hybridized carbons (Fsp3) is 0.0714. The second-order valence-electron chi connectivity index (χ2n) is 4.27. The molecule has 0 amide bonds. The van der Waals surface area contributed by atoms with Gasteiger partial charge in [-0.05, 0) is 48.6 Å². The van der Waals surface area contributed by atoms with Crippen molar-refractivity contribution in [3.05, 3.63) is 52.3 Å². The predicted octanol–water partition coefficient (Wildman–Crippen LogP) is 4.94. The molecule has 0 aliphatic heterocycles. The lowest BCUT2D eigenvalue weighted by atomic mass is 10.2. The Morgan fingerprint density at radius 1 is 1.14 bits per heavy atom. The van der Waals surface area contributed by atoms with Gasteiger partial charge in [0.05, 0.1) is 16.1 Å². The fourth-order valence-corrected chi connectivity index (χ4v) is 2.65. The van der Waals surface area contributed by atoms with Crippen molar-refractivity contribution in [1.82, 2.24) is 9.55 Å². The molecule has 0 saturated heterocycles. The van der Waals surface area contributed by atoms with Crippen molar-refractivity contribution in [2.75, 3.05) is 0 Å². The molecule has 0 radical (unpaired) electrons. The zero-order valence-corrected chi connectivity index (χ0v) is 12.1. The quantitative estimate of drug-likeness (QED) is 0.691. The molecular weight excluding hydrogens is 318 g/mol. The Hall–Kier alpha value is -1.92. The highest BCUT2D eigenvalue weighted by molar-refractivity contribution is 7.71. The Morgan fingerprint density at radius 3 is 2.52 bits per heavy atom. The van der Waals surface area contributed by atoms with E-state index < -0.39 is 6.61 Å². The number of nitrogens with one attached hydrogen (secondary N) is 1. The largest absolute Gasteiger partial charge is 0.435 e. The highest BCUT2D eigenvalue weighted by Crippen LogP contribution is 2.26. The van der Waals surface area contributed by atoms with Crippen LogP contribution >= 0.6 is 23.8 Å². The summed E-state index contributed by atoms with van der Waals surface area (Å²) in [6, 6.07) is 11.7. The van der Waals surface area contributed by atoms with Gasteiger partial charge >= 0.3 is 6.61 Å². The van der Waals surface area contributed by atoms with Crippen LogP contribution in [0.4, 0.5) is 8.78 Å². The van der Waals surface area contributed by atoms with E-state index in [1.54, 1.807) is 22.8 Å². The van der Waals surface area contributed by atoms with Crippen molar-refractivity contribution >= 4 is 34.9 Å². The van der Waals surface area contributed by atoms with Crippen LogP contribution in [0.1, 0.15) is 0 Å². The van der Waals surface area contributed by atoms with Crippen molar-refractivity contribution in [2.45, 2.75) is 6.61 Å². The lowest BCUT2D eigenvalue weighted by molar-refractivity contribution is -0.0498. The van der Waals surface area contributed by atoms with Crippen LogP contribution in [0.3, 0.4) is 0 Å². The number of hydrogen-bond acceptors (Lipinski definition) is 2. The molecule has 0 bridgehead atoms. The molecule has 1 aromatic heterocycles. The van der Waals surface area contributed by atoms with Crippen LogP contribution in [-0.2, 0) is 0 Å². The van der Waals surface area contributed by atoms with E-state index in [-0.39, 0.29) is 5.75 Å². The van der Waals surface area contributed by atoms with E-state index in [0.717, 1.165) is 16.7 Å². The highest BCUT2D eigenvalue weighted by atomic mass is 35.5. The van der Waals surface area contributed by atoms with Gasteiger partial charge in [0.25, 0.3) is 0 Å². The van der Waals surface area contributed by atoms with Crippen LogP contribution in [0.15, 0.2) is 42.5 Å². The van der Waals surface area contributed by atoms with E-state index in [4.69, 9.17) is 23.8 Å². The molecule has 0 spiro atoms. The Bertz CT molecular complexity index is 842. The number of nitrogens with zero attached hydrogens (tertiary/aromatic N) is 1. The number of imidazole rings is 1. The Morgan fingerprint density at radius 2 is 1.86 bits per heavy atom. The van der Waals surface area contributed by atoms with Crippen molar-refractivity contribution < 1.29 is 13.5 Å². The second-order valence-corrected chi connectivity index (χ2v) is 5.07. The standard InChI is InChI=1S/C14H9ClF2N2OS/c15-10-2-1-3-11-12(10)18-14(21)19(11)8-4-6-9(7-5-8)20-13(16)17/h1-7,13H,(H,18,21). The second kappa shape index (κ2) is 5.46. The number of alkyl halides is 2.